The van der Waals surface area contributed by atoms with E-state index in [4.69, 9.17) is 0 Å². The molecule has 0 radical (unpaired) electrons. The van der Waals surface area contributed by atoms with E-state index in [0.717, 1.165) is 20.7 Å². The summed E-state index contributed by atoms with van der Waals surface area (Å²) in [6.45, 7) is 2.51. The van der Waals surface area contributed by atoms with Crippen molar-refractivity contribution < 1.29 is 14.7 Å². The number of rotatable bonds is 4. The third-order valence-electron chi connectivity index (χ3n) is 3.22. The molecule has 1 aromatic rings. The van der Waals surface area contributed by atoms with Crippen LogP contribution in [0.2, 0.25) is 0 Å². The van der Waals surface area contributed by atoms with Gasteiger partial charge in [0, 0.05) is 27.4 Å². The zero-order valence-corrected chi connectivity index (χ0v) is 14.8. The maximum atomic E-state index is 12.3. The number of carboxylic acid groups (broad SMARTS) is 1. The summed E-state index contributed by atoms with van der Waals surface area (Å²) in [7, 11) is 0. The Balaban J connectivity index is 1.98. The Morgan fingerprint density at radius 2 is 2.29 bits per heavy atom. The van der Waals surface area contributed by atoms with Gasteiger partial charge >= 0.3 is 5.97 Å². The van der Waals surface area contributed by atoms with Gasteiger partial charge in [-0.3, -0.25) is 4.79 Å². The number of hydrogen-bond acceptors (Lipinski definition) is 4. The Bertz CT molecular complexity index is 553. The lowest BCUT2D eigenvalue weighted by Crippen LogP contribution is -2.50. The maximum absolute atomic E-state index is 12.3. The van der Waals surface area contributed by atoms with E-state index in [2.05, 4.69) is 15.9 Å². The van der Waals surface area contributed by atoms with Gasteiger partial charge in [0.2, 0.25) is 5.91 Å². The van der Waals surface area contributed by atoms with Crippen molar-refractivity contribution >= 4 is 51.3 Å². The molecule has 1 atom stereocenters. The van der Waals surface area contributed by atoms with Crippen molar-refractivity contribution in [1.82, 2.24) is 4.90 Å². The SMILES string of the molecule is Cc1cc(Br)ccc1SCC(=O)N1CCSCC1C(=O)O. The fourth-order valence-corrected chi connectivity index (χ4v) is 4.51. The van der Waals surface area contributed by atoms with Crippen LogP contribution in [-0.4, -0.2) is 51.7 Å². The van der Waals surface area contributed by atoms with E-state index < -0.39 is 12.0 Å². The fourth-order valence-electron chi connectivity index (χ4n) is 2.10. The first kappa shape index (κ1) is 16.7. The van der Waals surface area contributed by atoms with Crippen molar-refractivity contribution in [3.05, 3.63) is 28.2 Å². The lowest BCUT2D eigenvalue weighted by Gasteiger charge is -2.32. The van der Waals surface area contributed by atoms with Gasteiger partial charge in [0.1, 0.15) is 6.04 Å². The summed E-state index contributed by atoms with van der Waals surface area (Å²) in [4.78, 5) is 26.0. The van der Waals surface area contributed by atoms with Crippen molar-refractivity contribution in [3.63, 3.8) is 0 Å². The summed E-state index contributed by atoms with van der Waals surface area (Å²) in [6.07, 6.45) is 0. The molecule has 1 heterocycles. The number of aryl methyl sites for hydroxylation is 1. The molecule has 1 unspecified atom stereocenters. The standard InChI is InChI=1S/C14H16BrNO3S2/c1-9-6-10(15)2-3-12(9)21-8-13(17)16-4-5-20-7-11(16)14(18)19/h2-3,6,11H,4-5,7-8H2,1H3,(H,18,19). The van der Waals surface area contributed by atoms with Crippen LogP contribution in [0.25, 0.3) is 0 Å². The first-order valence-corrected chi connectivity index (χ1v) is 9.41. The average molecular weight is 390 g/mol. The van der Waals surface area contributed by atoms with Crippen molar-refractivity contribution in [2.45, 2.75) is 17.9 Å². The molecule has 0 aliphatic carbocycles. The van der Waals surface area contributed by atoms with E-state index in [1.54, 1.807) is 11.8 Å². The van der Waals surface area contributed by atoms with E-state index in [-0.39, 0.29) is 11.7 Å². The third kappa shape index (κ3) is 4.40. The second kappa shape index (κ2) is 7.56. The smallest absolute Gasteiger partial charge is 0.327 e. The second-order valence-corrected chi connectivity index (χ2v) is 7.80. The number of halogens is 1. The van der Waals surface area contributed by atoms with Crippen molar-refractivity contribution in [3.8, 4) is 0 Å². The molecular formula is C14H16BrNO3S2. The van der Waals surface area contributed by atoms with Gasteiger partial charge in [-0.15, -0.1) is 11.8 Å². The second-order valence-electron chi connectivity index (χ2n) is 4.71. The number of carbonyl (C=O) groups excluding carboxylic acids is 1. The van der Waals surface area contributed by atoms with Crippen LogP contribution in [0.5, 0.6) is 0 Å². The summed E-state index contributed by atoms with van der Waals surface area (Å²) >= 11 is 6.45. The minimum Gasteiger partial charge on any atom is -0.480 e. The predicted molar refractivity (Wildman–Crippen MR) is 90.1 cm³/mol. The third-order valence-corrected chi connectivity index (χ3v) is 5.90. The van der Waals surface area contributed by atoms with Crippen molar-refractivity contribution in [2.75, 3.05) is 23.8 Å². The number of benzene rings is 1. The highest BCUT2D eigenvalue weighted by Gasteiger charge is 2.32. The van der Waals surface area contributed by atoms with Crippen LogP contribution in [0.3, 0.4) is 0 Å². The van der Waals surface area contributed by atoms with Gasteiger partial charge < -0.3 is 10.0 Å². The van der Waals surface area contributed by atoms with E-state index in [9.17, 15) is 14.7 Å². The molecule has 2 rings (SSSR count). The highest BCUT2D eigenvalue weighted by atomic mass is 79.9. The minimum atomic E-state index is -0.916. The molecule has 7 heteroatoms. The van der Waals surface area contributed by atoms with Crippen LogP contribution in [0.15, 0.2) is 27.6 Å². The molecule has 4 nitrogen and oxygen atoms in total. The van der Waals surface area contributed by atoms with Crippen LogP contribution >= 0.6 is 39.5 Å². The lowest BCUT2D eigenvalue weighted by molar-refractivity contribution is -0.148. The van der Waals surface area contributed by atoms with Crippen LogP contribution in [0.4, 0.5) is 0 Å². The number of carboxylic acids is 1. The van der Waals surface area contributed by atoms with Gasteiger partial charge in [-0.25, -0.2) is 4.79 Å². The number of aliphatic carboxylic acids is 1. The lowest BCUT2D eigenvalue weighted by atomic mass is 10.2. The highest BCUT2D eigenvalue weighted by Crippen LogP contribution is 2.26. The molecule has 1 fully saturated rings. The van der Waals surface area contributed by atoms with E-state index in [1.165, 1.54) is 16.7 Å². The molecule has 1 N–H and O–H groups in total. The molecule has 1 aliphatic rings. The summed E-state index contributed by atoms with van der Waals surface area (Å²) in [5.74, 6) is 0.535. The van der Waals surface area contributed by atoms with E-state index in [0.29, 0.717) is 12.3 Å². The van der Waals surface area contributed by atoms with E-state index in [1.807, 2.05) is 25.1 Å². The average Bonchev–Trinajstić information content (AvgIpc) is 2.46. The normalized spacial score (nSPS) is 18.6. The molecular weight excluding hydrogens is 374 g/mol. The molecule has 21 heavy (non-hydrogen) atoms. The zero-order chi connectivity index (χ0) is 15.4. The molecule has 1 amide bonds. The number of hydrogen-bond donors (Lipinski definition) is 1. The van der Waals surface area contributed by atoms with Gasteiger partial charge in [-0.1, -0.05) is 15.9 Å². The maximum Gasteiger partial charge on any atom is 0.327 e. The first-order chi connectivity index (χ1) is 9.99. The van der Waals surface area contributed by atoms with Crippen LogP contribution in [0.1, 0.15) is 5.56 Å². The molecule has 1 aliphatic heterocycles. The largest absolute Gasteiger partial charge is 0.480 e. The van der Waals surface area contributed by atoms with Crippen molar-refractivity contribution in [1.29, 1.82) is 0 Å². The Morgan fingerprint density at radius 1 is 1.52 bits per heavy atom. The Morgan fingerprint density at radius 3 is 2.95 bits per heavy atom. The van der Waals surface area contributed by atoms with E-state index >= 15 is 0 Å². The van der Waals surface area contributed by atoms with Crippen LogP contribution < -0.4 is 0 Å². The van der Waals surface area contributed by atoms with Gasteiger partial charge in [-0.2, -0.15) is 11.8 Å². The minimum absolute atomic E-state index is 0.102. The molecule has 1 saturated heterocycles. The highest BCUT2D eigenvalue weighted by molar-refractivity contribution is 9.10. The molecule has 1 aromatic carbocycles. The Labute approximate surface area is 140 Å². The quantitative estimate of drug-likeness (QED) is 0.802. The monoisotopic (exact) mass is 389 g/mol. The Kier molecular flexibility index (Phi) is 6.01. The molecule has 0 saturated carbocycles. The van der Waals surface area contributed by atoms with Crippen molar-refractivity contribution in [2.24, 2.45) is 0 Å². The summed E-state index contributed by atoms with van der Waals surface area (Å²) in [5.41, 5.74) is 1.10. The van der Waals surface area contributed by atoms with Crippen LogP contribution in [-0.2, 0) is 9.59 Å². The number of amides is 1. The van der Waals surface area contributed by atoms with Gasteiger partial charge in [0.15, 0.2) is 0 Å². The first-order valence-electron chi connectivity index (χ1n) is 6.48. The molecule has 114 valence electrons. The molecule has 0 bridgehead atoms. The predicted octanol–water partition coefficient (Wildman–Crippen LogP) is 2.88. The fraction of sp³-hybridized carbons (Fsp3) is 0.429. The van der Waals surface area contributed by atoms with Crippen LogP contribution in [0, 0.1) is 6.92 Å². The van der Waals surface area contributed by atoms with Gasteiger partial charge in [0.25, 0.3) is 0 Å². The summed E-state index contributed by atoms with van der Waals surface area (Å²) in [5, 5.41) is 9.20. The van der Waals surface area contributed by atoms with Gasteiger partial charge in [-0.05, 0) is 30.7 Å². The number of nitrogens with zero attached hydrogens (tertiary/aromatic N) is 1. The Hall–Kier alpha value is -0.660. The zero-order valence-electron chi connectivity index (χ0n) is 11.5. The molecule has 0 aromatic heterocycles. The number of carbonyl (C=O) groups is 2. The number of thioether (sulfide) groups is 2. The molecule has 0 spiro atoms. The summed E-state index contributed by atoms with van der Waals surface area (Å²) in [6, 6.07) is 5.22. The topological polar surface area (TPSA) is 57.6 Å². The van der Waals surface area contributed by atoms with Gasteiger partial charge in [0.05, 0.1) is 5.75 Å². The summed E-state index contributed by atoms with van der Waals surface area (Å²) < 4.78 is 1.01.